The molecule has 2 rings (SSSR count). The summed E-state index contributed by atoms with van der Waals surface area (Å²) in [6.45, 7) is 2.42. The molecule has 0 atom stereocenters. The van der Waals surface area contributed by atoms with Crippen LogP contribution in [0.3, 0.4) is 0 Å². The number of ketones is 1. The van der Waals surface area contributed by atoms with Crippen molar-refractivity contribution in [3.8, 4) is 5.75 Å². The number of hydrogen-bond acceptors (Lipinski definition) is 4. The molecule has 0 bridgehead atoms. The highest BCUT2D eigenvalue weighted by Crippen LogP contribution is 2.33. The normalized spacial score (nSPS) is 13.8. The molecule has 0 saturated carbocycles. The van der Waals surface area contributed by atoms with Gasteiger partial charge in [-0.15, -0.1) is 0 Å². The number of hydrogen-bond donors (Lipinski definition) is 1. The Kier molecular flexibility index (Phi) is 4.04. The Hall–Kier alpha value is -2.04. The molecule has 5 heteroatoms. The van der Waals surface area contributed by atoms with Gasteiger partial charge in [0.25, 0.3) is 5.91 Å². The molecule has 1 heterocycles. The van der Waals surface area contributed by atoms with Crippen LogP contribution in [0.25, 0.3) is 0 Å². The highest BCUT2D eigenvalue weighted by Gasteiger charge is 2.22. The summed E-state index contributed by atoms with van der Waals surface area (Å²) in [5, 5.41) is 3.24. The first-order valence-corrected chi connectivity index (χ1v) is 6.34. The third-order valence-electron chi connectivity index (χ3n) is 3.08. The Bertz CT molecular complexity index is 499. The molecule has 19 heavy (non-hydrogen) atoms. The van der Waals surface area contributed by atoms with Crippen molar-refractivity contribution in [1.82, 2.24) is 0 Å². The van der Waals surface area contributed by atoms with Crippen LogP contribution in [0, 0.1) is 0 Å². The van der Waals surface area contributed by atoms with E-state index in [-0.39, 0.29) is 18.3 Å². The molecule has 102 valence electrons. The largest absolute Gasteiger partial charge is 0.482 e. The van der Waals surface area contributed by atoms with Gasteiger partial charge in [0.05, 0.1) is 5.69 Å². The standard InChI is InChI=1S/C14H18N2O3/c1-10(17)4-3-7-15-11-5-6-13-12(8-11)16(2)14(18)9-19-13/h5-6,8,15H,3-4,7,9H2,1-2H3. The highest BCUT2D eigenvalue weighted by molar-refractivity contribution is 5.97. The maximum Gasteiger partial charge on any atom is 0.264 e. The zero-order chi connectivity index (χ0) is 13.8. The molecule has 0 aliphatic carbocycles. The fourth-order valence-electron chi connectivity index (χ4n) is 1.95. The molecule has 0 spiro atoms. The quantitative estimate of drug-likeness (QED) is 0.822. The number of carbonyl (C=O) groups is 2. The van der Waals surface area contributed by atoms with Crippen LogP contribution in [0.5, 0.6) is 5.75 Å². The van der Waals surface area contributed by atoms with Crippen molar-refractivity contribution >= 4 is 23.1 Å². The first-order valence-electron chi connectivity index (χ1n) is 6.34. The van der Waals surface area contributed by atoms with Crippen LogP contribution in [0.15, 0.2) is 18.2 Å². The summed E-state index contributed by atoms with van der Waals surface area (Å²) in [5.41, 5.74) is 1.69. The first-order chi connectivity index (χ1) is 9.08. The first kappa shape index (κ1) is 13.4. The lowest BCUT2D eigenvalue weighted by Gasteiger charge is -2.26. The van der Waals surface area contributed by atoms with Crippen LogP contribution in [0.4, 0.5) is 11.4 Å². The SMILES string of the molecule is CC(=O)CCCNc1ccc2c(c1)N(C)C(=O)CO2. The van der Waals surface area contributed by atoms with E-state index in [2.05, 4.69) is 5.32 Å². The molecule has 0 fully saturated rings. The van der Waals surface area contributed by atoms with Gasteiger partial charge < -0.3 is 19.7 Å². The Balaban J connectivity index is 2.00. The van der Waals surface area contributed by atoms with Crippen LogP contribution < -0.4 is 15.0 Å². The Morgan fingerprint density at radius 2 is 2.26 bits per heavy atom. The minimum atomic E-state index is -0.0544. The molecule has 1 amide bonds. The van der Waals surface area contributed by atoms with E-state index >= 15 is 0 Å². The maximum absolute atomic E-state index is 11.5. The molecule has 0 aromatic heterocycles. The average molecular weight is 262 g/mol. The van der Waals surface area contributed by atoms with Gasteiger partial charge in [0.15, 0.2) is 6.61 Å². The summed E-state index contributed by atoms with van der Waals surface area (Å²) in [5.74, 6) is 0.864. The molecule has 1 N–H and O–H groups in total. The number of benzene rings is 1. The molecule has 1 aromatic carbocycles. The van der Waals surface area contributed by atoms with Crippen LogP contribution in [-0.2, 0) is 9.59 Å². The molecular formula is C14H18N2O3. The van der Waals surface area contributed by atoms with Gasteiger partial charge >= 0.3 is 0 Å². The van der Waals surface area contributed by atoms with Crippen LogP contribution in [-0.4, -0.2) is 31.9 Å². The summed E-state index contributed by atoms with van der Waals surface area (Å²) in [6.07, 6.45) is 1.39. The minimum absolute atomic E-state index is 0.0544. The van der Waals surface area contributed by atoms with E-state index in [1.807, 2.05) is 18.2 Å². The molecular weight excluding hydrogens is 244 g/mol. The highest BCUT2D eigenvalue weighted by atomic mass is 16.5. The fourth-order valence-corrected chi connectivity index (χ4v) is 1.95. The van der Waals surface area contributed by atoms with Crippen molar-refractivity contribution in [2.45, 2.75) is 19.8 Å². The van der Waals surface area contributed by atoms with Crippen molar-refractivity contribution < 1.29 is 14.3 Å². The van der Waals surface area contributed by atoms with Gasteiger partial charge in [0.2, 0.25) is 0 Å². The average Bonchev–Trinajstić information content (AvgIpc) is 2.39. The third kappa shape index (κ3) is 3.24. The smallest absolute Gasteiger partial charge is 0.264 e. The second kappa shape index (κ2) is 5.73. The summed E-state index contributed by atoms with van der Waals surface area (Å²) >= 11 is 0. The van der Waals surface area contributed by atoms with Gasteiger partial charge in [-0.05, 0) is 31.5 Å². The topological polar surface area (TPSA) is 58.6 Å². The molecule has 5 nitrogen and oxygen atoms in total. The molecule has 0 saturated heterocycles. The molecule has 0 radical (unpaired) electrons. The Labute approximate surface area is 112 Å². The monoisotopic (exact) mass is 262 g/mol. The summed E-state index contributed by atoms with van der Waals surface area (Å²) < 4.78 is 5.35. The maximum atomic E-state index is 11.5. The number of carbonyl (C=O) groups excluding carboxylic acids is 2. The number of nitrogens with one attached hydrogen (secondary N) is 1. The van der Waals surface area contributed by atoms with E-state index in [0.717, 1.165) is 30.1 Å². The van der Waals surface area contributed by atoms with E-state index in [1.54, 1.807) is 18.9 Å². The number of ether oxygens (including phenoxy) is 1. The van der Waals surface area contributed by atoms with E-state index in [4.69, 9.17) is 4.74 Å². The second-order valence-corrected chi connectivity index (χ2v) is 4.66. The van der Waals surface area contributed by atoms with Crippen molar-refractivity contribution in [1.29, 1.82) is 0 Å². The van der Waals surface area contributed by atoms with Gasteiger partial charge in [-0.25, -0.2) is 0 Å². The van der Waals surface area contributed by atoms with Crippen LogP contribution in [0.2, 0.25) is 0 Å². The Morgan fingerprint density at radius 1 is 1.47 bits per heavy atom. The second-order valence-electron chi connectivity index (χ2n) is 4.66. The van der Waals surface area contributed by atoms with Crippen LogP contribution >= 0.6 is 0 Å². The molecule has 1 aromatic rings. The van der Waals surface area contributed by atoms with E-state index < -0.39 is 0 Å². The van der Waals surface area contributed by atoms with Crippen molar-refractivity contribution in [3.05, 3.63) is 18.2 Å². The number of nitrogens with zero attached hydrogens (tertiary/aromatic N) is 1. The van der Waals surface area contributed by atoms with E-state index in [0.29, 0.717) is 6.42 Å². The lowest BCUT2D eigenvalue weighted by molar-refractivity contribution is -0.121. The van der Waals surface area contributed by atoms with Crippen molar-refractivity contribution in [3.63, 3.8) is 0 Å². The number of fused-ring (bicyclic) bond motifs is 1. The van der Waals surface area contributed by atoms with Gasteiger partial charge in [-0.2, -0.15) is 0 Å². The molecule has 1 aliphatic rings. The lowest BCUT2D eigenvalue weighted by atomic mass is 10.2. The number of amides is 1. The zero-order valence-electron chi connectivity index (χ0n) is 11.2. The summed E-state index contributed by atoms with van der Waals surface area (Å²) in [7, 11) is 1.74. The predicted octanol–water partition coefficient (Wildman–Crippen LogP) is 1.82. The zero-order valence-corrected chi connectivity index (χ0v) is 11.2. The lowest BCUT2D eigenvalue weighted by Crippen LogP contribution is -2.35. The number of rotatable bonds is 5. The molecule has 1 aliphatic heterocycles. The Morgan fingerprint density at radius 3 is 3.00 bits per heavy atom. The van der Waals surface area contributed by atoms with E-state index in [1.165, 1.54) is 0 Å². The molecule has 0 unspecified atom stereocenters. The summed E-state index contributed by atoms with van der Waals surface area (Å²) in [4.78, 5) is 24.0. The van der Waals surface area contributed by atoms with Gasteiger partial charge in [0, 0.05) is 25.7 Å². The fraction of sp³-hybridized carbons (Fsp3) is 0.429. The van der Waals surface area contributed by atoms with Crippen LogP contribution in [0.1, 0.15) is 19.8 Å². The van der Waals surface area contributed by atoms with Gasteiger partial charge in [-0.1, -0.05) is 0 Å². The number of likely N-dealkylation sites (N-methyl/N-ethyl adjacent to an activating group) is 1. The predicted molar refractivity (Wildman–Crippen MR) is 73.8 cm³/mol. The van der Waals surface area contributed by atoms with Gasteiger partial charge in [-0.3, -0.25) is 4.79 Å². The number of Topliss-reactive ketones (excluding diaryl/α,β-unsaturated/α-hetero) is 1. The van der Waals surface area contributed by atoms with Gasteiger partial charge in [0.1, 0.15) is 11.5 Å². The summed E-state index contributed by atoms with van der Waals surface area (Å²) in [6, 6.07) is 5.65. The van der Waals surface area contributed by atoms with E-state index in [9.17, 15) is 9.59 Å². The van der Waals surface area contributed by atoms with Crippen molar-refractivity contribution in [2.75, 3.05) is 30.4 Å². The third-order valence-corrected chi connectivity index (χ3v) is 3.08. The number of anilines is 2. The minimum Gasteiger partial charge on any atom is -0.482 e. The van der Waals surface area contributed by atoms with Crippen molar-refractivity contribution in [2.24, 2.45) is 0 Å².